The van der Waals surface area contributed by atoms with Gasteiger partial charge in [0.15, 0.2) is 11.6 Å². The first kappa shape index (κ1) is 16.2. The molecule has 0 fully saturated rings. The van der Waals surface area contributed by atoms with E-state index in [2.05, 4.69) is 10.3 Å². The fourth-order valence-corrected chi connectivity index (χ4v) is 2.02. The second-order valence-corrected chi connectivity index (χ2v) is 4.69. The second-order valence-electron chi connectivity index (χ2n) is 4.69. The van der Waals surface area contributed by atoms with Crippen molar-refractivity contribution in [3.8, 4) is 11.8 Å². The van der Waals surface area contributed by atoms with Crippen molar-refractivity contribution in [1.82, 2.24) is 4.98 Å². The SMILES string of the molecule is COc1ccc(C(C)Nc2ccc([N+](=O)[O-])c(C#N)n2)cc1F. The Labute approximate surface area is 131 Å². The molecule has 2 rings (SSSR count). The highest BCUT2D eigenvalue weighted by atomic mass is 19.1. The molecule has 7 nitrogen and oxygen atoms in total. The average Bonchev–Trinajstić information content (AvgIpc) is 2.54. The van der Waals surface area contributed by atoms with Crippen LogP contribution in [0.4, 0.5) is 15.9 Å². The van der Waals surface area contributed by atoms with Crippen molar-refractivity contribution >= 4 is 11.5 Å². The monoisotopic (exact) mass is 316 g/mol. The molecule has 2 aromatic rings. The van der Waals surface area contributed by atoms with E-state index >= 15 is 0 Å². The summed E-state index contributed by atoms with van der Waals surface area (Å²) in [4.78, 5) is 14.0. The lowest BCUT2D eigenvalue weighted by molar-refractivity contribution is -0.385. The Morgan fingerprint density at radius 3 is 2.74 bits per heavy atom. The van der Waals surface area contributed by atoms with Crippen molar-refractivity contribution in [3.63, 3.8) is 0 Å². The van der Waals surface area contributed by atoms with Crippen LogP contribution < -0.4 is 10.1 Å². The summed E-state index contributed by atoms with van der Waals surface area (Å²) in [5.41, 5.74) is -0.00346. The lowest BCUT2D eigenvalue weighted by atomic mass is 10.1. The number of pyridine rings is 1. The summed E-state index contributed by atoms with van der Waals surface area (Å²) in [6.07, 6.45) is 0. The lowest BCUT2D eigenvalue weighted by Crippen LogP contribution is -2.09. The van der Waals surface area contributed by atoms with Crippen molar-refractivity contribution in [3.05, 3.63) is 57.5 Å². The van der Waals surface area contributed by atoms with E-state index in [0.717, 1.165) is 0 Å². The zero-order chi connectivity index (χ0) is 17.0. The van der Waals surface area contributed by atoms with Crippen LogP contribution in [0.5, 0.6) is 5.75 Å². The first-order valence-corrected chi connectivity index (χ1v) is 6.61. The van der Waals surface area contributed by atoms with Crippen molar-refractivity contribution < 1.29 is 14.1 Å². The number of nitrogens with zero attached hydrogens (tertiary/aromatic N) is 3. The normalized spacial score (nSPS) is 11.4. The van der Waals surface area contributed by atoms with Gasteiger partial charge in [0.1, 0.15) is 11.9 Å². The zero-order valence-corrected chi connectivity index (χ0v) is 12.4. The van der Waals surface area contributed by atoms with Gasteiger partial charge in [-0.1, -0.05) is 6.07 Å². The second kappa shape index (κ2) is 6.70. The molecule has 1 unspecified atom stereocenters. The quantitative estimate of drug-likeness (QED) is 0.671. The smallest absolute Gasteiger partial charge is 0.305 e. The Kier molecular flexibility index (Phi) is 4.71. The first-order valence-electron chi connectivity index (χ1n) is 6.61. The molecule has 1 atom stereocenters. The Morgan fingerprint density at radius 1 is 1.43 bits per heavy atom. The minimum absolute atomic E-state index is 0.140. The minimum Gasteiger partial charge on any atom is -0.494 e. The number of benzene rings is 1. The van der Waals surface area contributed by atoms with Crippen molar-refractivity contribution in [2.75, 3.05) is 12.4 Å². The van der Waals surface area contributed by atoms with Crippen LogP contribution in [0.25, 0.3) is 0 Å². The highest BCUT2D eigenvalue weighted by Crippen LogP contribution is 2.25. The summed E-state index contributed by atoms with van der Waals surface area (Å²) in [6, 6.07) is 8.49. The van der Waals surface area contributed by atoms with Crippen LogP contribution in [-0.2, 0) is 0 Å². The molecule has 1 aromatic heterocycles. The van der Waals surface area contributed by atoms with Crippen molar-refractivity contribution in [2.45, 2.75) is 13.0 Å². The van der Waals surface area contributed by atoms with Gasteiger partial charge in [0, 0.05) is 6.07 Å². The van der Waals surface area contributed by atoms with Gasteiger partial charge in [0.25, 0.3) is 0 Å². The van der Waals surface area contributed by atoms with Crippen LogP contribution in [0, 0.1) is 27.3 Å². The zero-order valence-electron chi connectivity index (χ0n) is 12.4. The van der Waals surface area contributed by atoms with Gasteiger partial charge in [-0.3, -0.25) is 10.1 Å². The molecular weight excluding hydrogens is 303 g/mol. The van der Waals surface area contributed by atoms with Gasteiger partial charge < -0.3 is 10.1 Å². The van der Waals surface area contributed by atoms with Gasteiger partial charge >= 0.3 is 5.69 Å². The molecule has 0 aliphatic carbocycles. The van der Waals surface area contributed by atoms with Gasteiger partial charge in [0.2, 0.25) is 5.69 Å². The van der Waals surface area contributed by atoms with E-state index in [9.17, 15) is 14.5 Å². The number of nitriles is 1. The first-order chi connectivity index (χ1) is 11.0. The maximum Gasteiger partial charge on any atom is 0.305 e. The van der Waals surface area contributed by atoms with Gasteiger partial charge in [-0.25, -0.2) is 9.37 Å². The molecule has 0 amide bonds. The van der Waals surface area contributed by atoms with Gasteiger partial charge in [-0.2, -0.15) is 5.26 Å². The Bertz CT molecular complexity index is 789. The van der Waals surface area contributed by atoms with Crippen LogP contribution in [0.2, 0.25) is 0 Å². The van der Waals surface area contributed by atoms with E-state index in [-0.39, 0.29) is 29.0 Å². The van der Waals surface area contributed by atoms with E-state index < -0.39 is 10.7 Å². The van der Waals surface area contributed by atoms with Crippen LogP contribution in [0.3, 0.4) is 0 Å². The number of aromatic nitrogens is 1. The topological polar surface area (TPSA) is 101 Å². The van der Waals surface area contributed by atoms with Gasteiger partial charge in [-0.15, -0.1) is 0 Å². The molecule has 1 N–H and O–H groups in total. The summed E-state index contributed by atoms with van der Waals surface area (Å²) in [5.74, 6) is -0.0647. The van der Waals surface area contributed by atoms with E-state index in [1.807, 2.05) is 0 Å². The lowest BCUT2D eigenvalue weighted by Gasteiger charge is -2.15. The molecule has 0 saturated heterocycles. The third-order valence-electron chi connectivity index (χ3n) is 3.22. The highest BCUT2D eigenvalue weighted by Gasteiger charge is 2.17. The molecule has 0 radical (unpaired) electrons. The largest absolute Gasteiger partial charge is 0.494 e. The van der Waals surface area contributed by atoms with Crippen LogP contribution in [-0.4, -0.2) is 17.0 Å². The number of ether oxygens (including phenoxy) is 1. The summed E-state index contributed by atoms with van der Waals surface area (Å²) >= 11 is 0. The number of hydrogen-bond acceptors (Lipinski definition) is 6. The third-order valence-corrected chi connectivity index (χ3v) is 3.22. The number of methoxy groups -OCH3 is 1. The maximum atomic E-state index is 13.7. The number of nitrogens with one attached hydrogen (secondary N) is 1. The average molecular weight is 316 g/mol. The summed E-state index contributed by atoms with van der Waals surface area (Å²) in [5, 5.41) is 22.7. The standard InChI is InChI=1S/C15H13FN4O3/c1-9(10-3-5-14(23-2)11(16)7-10)18-15-6-4-13(20(21)22)12(8-17)19-15/h3-7,9H,1-2H3,(H,18,19). The highest BCUT2D eigenvalue weighted by molar-refractivity contribution is 5.51. The number of anilines is 1. The van der Waals surface area contributed by atoms with E-state index in [0.29, 0.717) is 5.56 Å². The molecule has 0 saturated carbocycles. The Hall–Kier alpha value is -3.21. The van der Waals surface area contributed by atoms with Gasteiger partial charge in [0.05, 0.1) is 18.1 Å². The number of nitro groups is 1. The summed E-state index contributed by atoms with van der Waals surface area (Å²) in [7, 11) is 1.38. The van der Waals surface area contributed by atoms with Crippen molar-refractivity contribution in [1.29, 1.82) is 5.26 Å². The van der Waals surface area contributed by atoms with E-state index in [1.54, 1.807) is 19.1 Å². The molecule has 118 valence electrons. The van der Waals surface area contributed by atoms with Crippen LogP contribution in [0.15, 0.2) is 30.3 Å². The molecule has 23 heavy (non-hydrogen) atoms. The van der Waals surface area contributed by atoms with E-state index in [1.165, 1.54) is 31.4 Å². The maximum absolute atomic E-state index is 13.7. The fraction of sp³-hybridized carbons (Fsp3) is 0.200. The number of halogens is 1. The summed E-state index contributed by atoms with van der Waals surface area (Å²) in [6.45, 7) is 1.77. The molecule has 0 bridgehead atoms. The molecule has 0 aliphatic rings. The predicted octanol–water partition coefficient (Wildman–Crippen LogP) is 3.18. The molecule has 8 heteroatoms. The fourth-order valence-electron chi connectivity index (χ4n) is 2.02. The Balaban J connectivity index is 2.23. The van der Waals surface area contributed by atoms with Crippen LogP contribution >= 0.6 is 0 Å². The predicted molar refractivity (Wildman–Crippen MR) is 80.6 cm³/mol. The van der Waals surface area contributed by atoms with E-state index in [4.69, 9.17) is 10.00 Å². The summed E-state index contributed by atoms with van der Waals surface area (Å²) < 4.78 is 18.6. The van der Waals surface area contributed by atoms with Gasteiger partial charge in [-0.05, 0) is 30.7 Å². The number of rotatable bonds is 5. The number of hydrogen-bond donors (Lipinski definition) is 1. The molecule has 1 aromatic carbocycles. The third kappa shape index (κ3) is 3.52. The molecular formula is C15H13FN4O3. The molecule has 0 aliphatic heterocycles. The minimum atomic E-state index is -0.669. The van der Waals surface area contributed by atoms with Crippen molar-refractivity contribution in [2.24, 2.45) is 0 Å². The molecule has 1 heterocycles. The van der Waals surface area contributed by atoms with Crippen LogP contribution in [0.1, 0.15) is 24.2 Å². The molecule has 0 spiro atoms. The Morgan fingerprint density at radius 2 is 2.17 bits per heavy atom.